The van der Waals surface area contributed by atoms with Crippen molar-refractivity contribution in [3.8, 4) is 0 Å². The fourth-order valence-electron chi connectivity index (χ4n) is 2.08. The minimum atomic E-state index is -0.220. The number of nitrogens with zero attached hydrogens (tertiary/aromatic N) is 1. The summed E-state index contributed by atoms with van der Waals surface area (Å²) in [5.41, 5.74) is 0.461. The van der Waals surface area contributed by atoms with Crippen LogP contribution >= 0.6 is 23.5 Å². The van der Waals surface area contributed by atoms with E-state index in [1.165, 1.54) is 17.8 Å². The van der Waals surface area contributed by atoms with E-state index in [0.717, 1.165) is 4.90 Å². The molecule has 0 aliphatic carbocycles. The summed E-state index contributed by atoms with van der Waals surface area (Å²) in [7, 11) is 0. The highest BCUT2D eigenvalue weighted by molar-refractivity contribution is 7.99. The third-order valence-electron chi connectivity index (χ3n) is 3.28. The van der Waals surface area contributed by atoms with Crippen molar-refractivity contribution < 1.29 is 9.21 Å². The molecule has 0 atom stereocenters. The van der Waals surface area contributed by atoms with Gasteiger partial charge in [-0.05, 0) is 24.3 Å². The molecule has 0 fully saturated rings. The van der Waals surface area contributed by atoms with E-state index in [4.69, 9.17) is 4.42 Å². The van der Waals surface area contributed by atoms with E-state index >= 15 is 0 Å². The van der Waals surface area contributed by atoms with Crippen LogP contribution in [0.4, 0.5) is 0 Å². The molecule has 8 heteroatoms. The average Bonchev–Trinajstić information content (AvgIpc) is 3.17. The van der Waals surface area contributed by atoms with Gasteiger partial charge in [0.25, 0.3) is 5.56 Å². The molecule has 0 spiro atoms. The lowest BCUT2D eigenvalue weighted by Gasteiger charge is -2.05. The first-order valence-corrected chi connectivity index (χ1v) is 9.86. The van der Waals surface area contributed by atoms with Crippen molar-refractivity contribution in [2.24, 2.45) is 0 Å². The normalized spacial score (nSPS) is 10.6. The second kappa shape index (κ2) is 9.30. The van der Waals surface area contributed by atoms with E-state index in [2.05, 4.69) is 15.3 Å². The van der Waals surface area contributed by atoms with Crippen molar-refractivity contribution in [3.05, 3.63) is 76.6 Å². The van der Waals surface area contributed by atoms with E-state index in [9.17, 15) is 9.59 Å². The summed E-state index contributed by atoms with van der Waals surface area (Å²) in [4.78, 5) is 31.9. The summed E-state index contributed by atoms with van der Waals surface area (Å²) in [5.74, 6) is 1.29. The quantitative estimate of drug-likeness (QED) is 0.456. The van der Waals surface area contributed by atoms with E-state index in [1.54, 1.807) is 30.2 Å². The lowest BCUT2D eigenvalue weighted by Crippen LogP contribution is -2.24. The molecular formula is C18H17N3O3S2. The zero-order valence-electron chi connectivity index (χ0n) is 13.8. The molecule has 134 valence electrons. The van der Waals surface area contributed by atoms with Gasteiger partial charge in [-0.3, -0.25) is 9.59 Å². The second-order valence-corrected chi connectivity index (χ2v) is 7.30. The molecule has 6 nitrogen and oxygen atoms in total. The Morgan fingerprint density at radius 3 is 2.77 bits per heavy atom. The highest BCUT2D eigenvalue weighted by atomic mass is 32.2. The van der Waals surface area contributed by atoms with Crippen LogP contribution in [-0.2, 0) is 17.1 Å². The molecule has 2 aromatic heterocycles. The van der Waals surface area contributed by atoms with E-state index in [0.29, 0.717) is 28.9 Å². The van der Waals surface area contributed by atoms with Crippen molar-refractivity contribution in [2.45, 2.75) is 22.3 Å². The minimum Gasteiger partial charge on any atom is -0.467 e. The monoisotopic (exact) mass is 387 g/mol. The molecule has 0 radical (unpaired) electrons. The molecule has 3 aromatic rings. The summed E-state index contributed by atoms with van der Waals surface area (Å²) in [6, 6.07) is 15.0. The molecule has 1 amide bonds. The number of amides is 1. The van der Waals surface area contributed by atoms with Crippen LogP contribution in [0.3, 0.4) is 0 Å². The largest absolute Gasteiger partial charge is 0.467 e. The molecule has 0 aliphatic heterocycles. The molecule has 2 N–H and O–H groups in total. The predicted octanol–water partition coefficient (Wildman–Crippen LogP) is 3.06. The van der Waals surface area contributed by atoms with Crippen molar-refractivity contribution in [1.82, 2.24) is 15.3 Å². The zero-order chi connectivity index (χ0) is 18.2. The van der Waals surface area contributed by atoms with Gasteiger partial charge in [0.2, 0.25) is 5.91 Å². The van der Waals surface area contributed by atoms with Gasteiger partial charge in [0.05, 0.1) is 24.3 Å². The first-order chi connectivity index (χ1) is 12.7. The lowest BCUT2D eigenvalue weighted by molar-refractivity contribution is -0.118. The van der Waals surface area contributed by atoms with Crippen LogP contribution in [0.2, 0.25) is 0 Å². The van der Waals surface area contributed by atoms with Crippen LogP contribution in [0.15, 0.2) is 74.1 Å². The molecule has 0 unspecified atom stereocenters. The van der Waals surface area contributed by atoms with Gasteiger partial charge in [-0.1, -0.05) is 30.0 Å². The van der Waals surface area contributed by atoms with Crippen LogP contribution < -0.4 is 10.9 Å². The third-order valence-corrected chi connectivity index (χ3v) is 5.20. The lowest BCUT2D eigenvalue weighted by atomic mass is 10.4. The molecule has 3 rings (SSSR count). The Kier molecular flexibility index (Phi) is 6.56. The number of aromatic amines is 1. The molecular weight excluding hydrogens is 370 g/mol. The number of hydrogen-bond donors (Lipinski definition) is 2. The van der Waals surface area contributed by atoms with Gasteiger partial charge in [0.1, 0.15) is 5.76 Å². The molecule has 1 aromatic carbocycles. The van der Waals surface area contributed by atoms with Gasteiger partial charge in [-0.15, -0.1) is 11.8 Å². The Hall–Kier alpha value is -2.45. The van der Waals surface area contributed by atoms with Crippen LogP contribution in [0.5, 0.6) is 0 Å². The van der Waals surface area contributed by atoms with E-state index in [-0.39, 0.29) is 17.2 Å². The molecule has 2 heterocycles. The molecule has 0 saturated carbocycles. The first kappa shape index (κ1) is 18.3. The topological polar surface area (TPSA) is 88.0 Å². The van der Waals surface area contributed by atoms with Crippen molar-refractivity contribution in [1.29, 1.82) is 0 Å². The number of carbonyl (C=O) groups excluding carboxylic acids is 1. The average molecular weight is 387 g/mol. The van der Waals surface area contributed by atoms with Gasteiger partial charge in [0, 0.05) is 16.7 Å². The Morgan fingerprint density at radius 1 is 1.15 bits per heavy atom. The number of carbonyl (C=O) groups is 1. The smallest absolute Gasteiger partial charge is 0.251 e. The SMILES string of the molecule is O=C(CSc1nc(CSc2ccccc2)cc(=O)[nH]1)NCc1ccco1. The standard InChI is InChI=1S/C18H17N3O3S2/c22-16-9-13(11-25-15-6-2-1-3-7-15)20-18(21-16)26-12-17(23)19-10-14-5-4-8-24-14/h1-9H,10-12H2,(H,19,23)(H,20,21,22). The van der Waals surface area contributed by atoms with Crippen LogP contribution in [-0.4, -0.2) is 21.6 Å². The Labute approximate surface area is 158 Å². The van der Waals surface area contributed by atoms with Gasteiger partial charge in [0.15, 0.2) is 5.16 Å². The first-order valence-electron chi connectivity index (χ1n) is 7.89. The number of aromatic nitrogens is 2. The maximum absolute atomic E-state index is 11.9. The van der Waals surface area contributed by atoms with Crippen LogP contribution in [0.1, 0.15) is 11.5 Å². The number of furan rings is 1. The molecule has 0 aliphatic rings. The van der Waals surface area contributed by atoms with Crippen molar-refractivity contribution >= 4 is 29.4 Å². The Balaban J connectivity index is 1.52. The summed E-state index contributed by atoms with van der Waals surface area (Å²) in [6.45, 7) is 0.337. The number of benzene rings is 1. The van der Waals surface area contributed by atoms with Crippen molar-refractivity contribution in [3.63, 3.8) is 0 Å². The van der Waals surface area contributed by atoms with Gasteiger partial charge in [-0.25, -0.2) is 4.98 Å². The summed E-state index contributed by atoms with van der Waals surface area (Å²) >= 11 is 2.80. The molecule has 26 heavy (non-hydrogen) atoms. The number of rotatable bonds is 8. The van der Waals surface area contributed by atoms with Crippen molar-refractivity contribution in [2.75, 3.05) is 5.75 Å². The maximum atomic E-state index is 11.9. The molecule has 0 bridgehead atoms. The number of H-pyrrole nitrogens is 1. The van der Waals surface area contributed by atoms with E-state index in [1.807, 2.05) is 30.3 Å². The number of thioether (sulfide) groups is 2. The Morgan fingerprint density at radius 2 is 2.00 bits per heavy atom. The second-order valence-electron chi connectivity index (χ2n) is 5.29. The van der Waals surface area contributed by atoms with Crippen LogP contribution in [0.25, 0.3) is 0 Å². The van der Waals surface area contributed by atoms with E-state index < -0.39 is 0 Å². The highest BCUT2D eigenvalue weighted by Crippen LogP contribution is 2.21. The van der Waals surface area contributed by atoms with Gasteiger partial charge >= 0.3 is 0 Å². The third kappa shape index (κ3) is 5.82. The summed E-state index contributed by atoms with van der Waals surface area (Å²) < 4.78 is 5.16. The fraction of sp³-hybridized carbons (Fsp3) is 0.167. The summed E-state index contributed by atoms with van der Waals surface area (Å²) in [6.07, 6.45) is 1.56. The number of hydrogen-bond acceptors (Lipinski definition) is 6. The highest BCUT2D eigenvalue weighted by Gasteiger charge is 2.07. The van der Waals surface area contributed by atoms with Crippen LogP contribution in [0, 0.1) is 0 Å². The molecule has 0 saturated heterocycles. The minimum absolute atomic E-state index is 0.155. The Bertz CT molecular complexity index is 896. The maximum Gasteiger partial charge on any atom is 0.251 e. The predicted molar refractivity (Wildman–Crippen MR) is 102 cm³/mol. The zero-order valence-corrected chi connectivity index (χ0v) is 15.4. The van der Waals surface area contributed by atoms with Gasteiger partial charge in [-0.2, -0.15) is 0 Å². The fourth-order valence-corrected chi connectivity index (χ4v) is 3.62. The van der Waals surface area contributed by atoms with Gasteiger partial charge < -0.3 is 14.7 Å². The summed E-state index contributed by atoms with van der Waals surface area (Å²) in [5, 5.41) is 3.19. The number of nitrogens with one attached hydrogen (secondary N) is 2.